The average Bonchev–Trinajstić information content (AvgIpc) is 2.27. The summed E-state index contributed by atoms with van der Waals surface area (Å²) in [6.07, 6.45) is 7.97. The summed E-state index contributed by atoms with van der Waals surface area (Å²) >= 11 is 0. The Bertz CT molecular complexity index is 142. The predicted octanol–water partition coefficient (Wildman–Crippen LogP) is 2.51. The predicted molar refractivity (Wildman–Crippen MR) is 61.6 cm³/mol. The van der Waals surface area contributed by atoms with Gasteiger partial charge in [-0.3, -0.25) is 4.84 Å². The van der Waals surface area contributed by atoms with Gasteiger partial charge in [-0.2, -0.15) is 5.48 Å². The van der Waals surface area contributed by atoms with Crippen molar-refractivity contribution >= 4 is 0 Å². The Labute approximate surface area is 93.5 Å². The monoisotopic (exact) mass is 215 g/mol. The molecule has 1 fully saturated rings. The molecule has 15 heavy (non-hydrogen) atoms. The smallest absolute Gasteiger partial charge is 0.0915 e. The first kappa shape index (κ1) is 12.9. The van der Waals surface area contributed by atoms with Crippen LogP contribution in [0.25, 0.3) is 0 Å². The van der Waals surface area contributed by atoms with Crippen LogP contribution in [0.4, 0.5) is 0 Å². The van der Waals surface area contributed by atoms with Gasteiger partial charge < -0.3 is 4.74 Å². The Morgan fingerprint density at radius 1 is 1.13 bits per heavy atom. The van der Waals surface area contributed by atoms with Crippen molar-refractivity contribution in [2.75, 3.05) is 20.3 Å². The summed E-state index contributed by atoms with van der Waals surface area (Å²) in [5.41, 5.74) is 3.14. The lowest BCUT2D eigenvalue weighted by Crippen LogP contribution is -2.34. The third-order valence-corrected chi connectivity index (χ3v) is 3.18. The SMILES string of the molecule is CCCC1CCC(NOCCOC)CC1. The highest BCUT2D eigenvalue weighted by atomic mass is 16.7. The molecule has 0 atom stereocenters. The van der Waals surface area contributed by atoms with E-state index in [-0.39, 0.29) is 0 Å². The fraction of sp³-hybridized carbons (Fsp3) is 1.00. The summed E-state index contributed by atoms with van der Waals surface area (Å²) in [4.78, 5) is 5.33. The van der Waals surface area contributed by atoms with Gasteiger partial charge in [-0.25, -0.2) is 0 Å². The quantitative estimate of drug-likeness (QED) is 0.523. The highest BCUT2D eigenvalue weighted by molar-refractivity contribution is 4.74. The van der Waals surface area contributed by atoms with Crippen molar-refractivity contribution in [1.29, 1.82) is 0 Å². The van der Waals surface area contributed by atoms with Gasteiger partial charge in [0.2, 0.25) is 0 Å². The maximum absolute atomic E-state index is 5.33. The van der Waals surface area contributed by atoms with Gasteiger partial charge in [0.25, 0.3) is 0 Å². The maximum Gasteiger partial charge on any atom is 0.0915 e. The zero-order valence-corrected chi connectivity index (χ0v) is 10.1. The van der Waals surface area contributed by atoms with E-state index >= 15 is 0 Å². The lowest BCUT2D eigenvalue weighted by atomic mass is 9.84. The molecule has 1 rings (SSSR count). The molecule has 0 heterocycles. The van der Waals surface area contributed by atoms with Gasteiger partial charge in [-0.05, 0) is 31.6 Å². The molecule has 0 aromatic heterocycles. The fourth-order valence-corrected chi connectivity index (χ4v) is 2.28. The summed E-state index contributed by atoms with van der Waals surface area (Å²) in [5, 5.41) is 0. The van der Waals surface area contributed by atoms with Crippen LogP contribution >= 0.6 is 0 Å². The summed E-state index contributed by atoms with van der Waals surface area (Å²) < 4.78 is 4.92. The summed E-state index contributed by atoms with van der Waals surface area (Å²) in [7, 11) is 1.69. The van der Waals surface area contributed by atoms with Crippen molar-refractivity contribution in [3.05, 3.63) is 0 Å². The lowest BCUT2D eigenvalue weighted by Gasteiger charge is -2.28. The van der Waals surface area contributed by atoms with Crippen molar-refractivity contribution in [1.82, 2.24) is 5.48 Å². The molecule has 0 aliphatic heterocycles. The number of nitrogens with one attached hydrogen (secondary N) is 1. The second-order valence-electron chi connectivity index (χ2n) is 4.47. The molecule has 3 heteroatoms. The van der Waals surface area contributed by atoms with E-state index in [1.165, 1.54) is 38.5 Å². The lowest BCUT2D eigenvalue weighted by molar-refractivity contribution is -0.0209. The van der Waals surface area contributed by atoms with Crippen molar-refractivity contribution in [2.24, 2.45) is 5.92 Å². The van der Waals surface area contributed by atoms with Crippen LogP contribution in [0.2, 0.25) is 0 Å². The highest BCUT2D eigenvalue weighted by Gasteiger charge is 2.20. The second-order valence-corrected chi connectivity index (χ2v) is 4.47. The normalized spacial score (nSPS) is 26.8. The number of ether oxygens (including phenoxy) is 1. The van der Waals surface area contributed by atoms with E-state index in [1.54, 1.807) is 7.11 Å². The first-order chi connectivity index (χ1) is 7.36. The minimum absolute atomic E-state index is 0.565. The van der Waals surface area contributed by atoms with Gasteiger partial charge in [0.05, 0.1) is 13.2 Å². The Kier molecular flexibility index (Phi) is 6.98. The third kappa shape index (κ3) is 5.50. The maximum atomic E-state index is 5.33. The molecular weight excluding hydrogens is 190 g/mol. The molecule has 1 N–H and O–H groups in total. The van der Waals surface area contributed by atoms with Crippen LogP contribution in [-0.4, -0.2) is 26.4 Å². The van der Waals surface area contributed by atoms with E-state index in [4.69, 9.17) is 9.57 Å². The highest BCUT2D eigenvalue weighted by Crippen LogP contribution is 2.27. The summed E-state index contributed by atoms with van der Waals surface area (Å²) in [6.45, 7) is 3.59. The van der Waals surface area contributed by atoms with Crippen molar-refractivity contribution in [2.45, 2.75) is 51.5 Å². The number of hydroxylamine groups is 1. The fourth-order valence-electron chi connectivity index (χ4n) is 2.28. The van der Waals surface area contributed by atoms with Gasteiger partial charge in [0.15, 0.2) is 0 Å². The van der Waals surface area contributed by atoms with Gasteiger partial charge in [0, 0.05) is 13.2 Å². The van der Waals surface area contributed by atoms with E-state index < -0.39 is 0 Å². The van der Waals surface area contributed by atoms with Crippen molar-refractivity contribution in [3.8, 4) is 0 Å². The Hall–Kier alpha value is -0.120. The van der Waals surface area contributed by atoms with E-state index in [0.29, 0.717) is 19.3 Å². The number of hydrogen-bond donors (Lipinski definition) is 1. The van der Waals surface area contributed by atoms with Crippen LogP contribution in [0, 0.1) is 5.92 Å². The van der Waals surface area contributed by atoms with E-state index in [2.05, 4.69) is 12.4 Å². The van der Waals surface area contributed by atoms with E-state index in [9.17, 15) is 0 Å². The van der Waals surface area contributed by atoms with Gasteiger partial charge in [-0.15, -0.1) is 0 Å². The first-order valence-electron chi connectivity index (χ1n) is 6.23. The minimum atomic E-state index is 0.565. The number of methoxy groups -OCH3 is 1. The molecule has 1 aliphatic rings. The summed E-state index contributed by atoms with van der Waals surface area (Å²) in [6, 6.07) is 0.565. The molecule has 0 aromatic rings. The Morgan fingerprint density at radius 2 is 1.87 bits per heavy atom. The molecule has 1 saturated carbocycles. The molecule has 0 bridgehead atoms. The van der Waals surface area contributed by atoms with Crippen molar-refractivity contribution in [3.63, 3.8) is 0 Å². The molecule has 1 aliphatic carbocycles. The molecule has 0 aromatic carbocycles. The number of rotatable bonds is 7. The van der Waals surface area contributed by atoms with E-state index in [0.717, 1.165) is 5.92 Å². The van der Waals surface area contributed by atoms with Gasteiger partial charge in [0.1, 0.15) is 0 Å². The Morgan fingerprint density at radius 3 is 2.47 bits per heavy atom. The van der Waals surface area contributed by atoms with Crippen LogP contribution in [0.15, 0.2) is 0 Å². The van der Waals surface area contributed by atoms with Crippen LogP contribution in [-0.2, 0) is 9.57 Å². The first-order valence-corrected chi connectivity index (χ1v) is 6.23. The molecule has 0 spiro atoms. The molecule has 0 radical (unpaired) electrons. The number of hydrogen-bond acceptors (Lipinski definition) is 3. The Balaban J connectivity index is 1.99. The molecule has 0 amide bonds. The molecule has 0 unspecified atom stereocenters. The summed E-state index contributed by atoms with van der Waals surface area (Å²) in [5.74, 6) is 0.965. The van der Waals surface area contributed by atoms with Crippen LogP contribution < -0.4 is 5.48 Å². The van der Waals surface area contributed by atoms with Crippen molar-refractivity contribution < 1.29 is 9.57 Å². The van der Waals surface area contributed by atoms with Crippen LogP contribution in [0.5, 0.6) is 0 Å². The largest absolute Gasteiger partial charge is 0.382 e. The third-order valence-electron chi connectivity index (χ3n) is 3.18. The zero-order valence-electron chi connectivity index (χ0n) is 10.1. The standard InChI is InChI=1S/C12H25NO2/c1-3-4-11-5-7-12(8-6-11)13-15-10-9-14-2/h11-13H,3-10H2,1-2H3. The minimum Gasteiger partial charge on any atom is -0.382 e. The van der Waals surface area contributed by atoms with Crippen LogP contribution in [0.3, 0.4) is 0 Å². The van der Waals surface area contributed by atoms with Gasteiger partial charge >= 0.3 is 0 Å². The second kappa shape index (κ2) is 8.08. The average molecular weight is 215 g/mol. The molecule has 0 saturated heterocycles. The molecule has 3 nitrogen and oxygen atoms in total. The van der Waals surface area contributed by atoms with Gasteiger partial charge in [-0.1, -0.05) is 19.8 Å². The topological polar surface area (TPSA) is 30.5 Å². The molecule has 90 valence electrons. The molecular formula is C12H25NO2. The zero-order chi connectivity index (χ0) is 10.9. The van der Waals surface area contributed by atoms with Crippen LogP contribution in [0.1, 0.15) is 45.4 Å². The van der Waals surface area contributed by atoms with E-state index in [1.807, 2.05) is 0 Å².